The third-order valence-corrected chi connectivity index (χ3v) is 4.94. The van der Waals surface area contributed by atoms with Crippen LogP contribution in [-0.2, 0) is 22.4 Å². The fraction of sp³-hybridized carbons (Fsp3) is 0.812. The highest BCUT2D eigenvalue weighted by atomic mass is 16.5. The average molecular weight is 336 g/mol. The van der Waals surface area contributed by atoms with Crippen molar-refractivity contribution in [1.82, 2.24) is 25.4 Å². The molecule has 0 radical (unpaired) electrons. The van der Waals surface area contributed by atoms with Crippen LogP contribution in [-0.4, -0.2) is 66.3 Å². The predicted octanol–water partition coefficient (Wildman–Crippen LogP) is 0.262. The van der Waals surface area contributed by atoms with Crippen LogP contribution in [0.1, 0.15) is 30.9 Å². The van der Waals surface area contributed by atoms with Crippen LogP contribution < -0.4 is 10.6 Å². The molecule has 0 spiro atoms. The number of aryl methyl sites for hydroxylation is 2. The fourth-order valence-electron chi connectivity index (χ4n) is 3.38. The summed E-state index contributed by atoms with van der Waals surface area (Å²) < 4.78 is 13.2. The van der Waals surface area contributed by atoms with Crippen molar-refractivity contribution >= 4 is 5.96 Å². The maximum Gasteiger partial charge on any atom is 0.191 e. The van der Waals surface area contributed by atoms with E-state index in [1.165, 1.54) is 0 Å². The van der Waals surface area contributed by atoms with Gasteiger partial charge in [-0.3, -0.25) is 4.99 Å². The zero-order chi connectivity index (χ0) is 17.0. The number of nitrogens with zero attached hydrogens (tertiary/aromatic N) is 4. The molecule has 1 unspecified atom stereocenters. The van der Waals surface area contributed by atoms with E-state index in [0.29, 0.717) is 6.04 Å². The van der Waals surface area contributed by atoms with Gasteiger partial charge in [0.15, 0.2) is 5.96 Å². The van der Waals surface area contributed by atoms with Crippen LogP contribution in [0.2, 0.25) is 0 Å². The number of aromatic nitrogens is 3. The second kappa shape index (κ2) is 7.48. The third kappa shape index (κ3) is 3.87. The highest BCUT2D eigenvalue weighted by molar-refractivity contribution is 5.80. The van der Waals surface area contributed by atoms with Crippen molar-refractivity contribution < 1.29 is 9.47 Å². The molecule has 0 bridgehead atoms. The standard InChI is InChI=1S/C16H28N6O2/c1-12-19-14-5-4-13(10-22(14)21-12)20-15(17-2)18-11-16(23-3)6-8-24-9-7-16/h13H,4-11H2,1-3H3,(H2,17,18,20). The van der Waals surface area contributed by atoms with Crippen LogP contribution in [0, 0.1) is 6.92 Å². The van der Waals surface area contributed by atoms with E-state index < -0.39 is 0 Å². The number of ether oxygens (including phenoxy) is 2. The van der Waals surface area contributed by atoms with Gasteiger partial charge in [0.05, 0.1) is 12.1 Å². The van der Waals surface area contributed by atoms with Crippen molar-refractivity contribution in [2.24, 2.45) is 4.99 Å². The molecule has 3 heterocycles. The normalized spacial score (nSPS) is 23.6. The number of nitrogens with one attached hydrogen (secondary N) is 2. The Labute approximate surface area is 143 Å². The van der Waals surface area contributed by atoms with Gasteiger partial charge in [-0.15, -0.1) is 0 Å². The van der Waals surface area contributed by atoms with Gasteiger partial charge in [0.25, 0.3) is 0 Å². The lowest BCUT2D eigenvalue weighted by atomic mass is 9.94. The molecule has 24 heavy (non-hydrogen) atoms. The summed E-state index contributed by atoms with van der Waals surface area (Å²) in [6.45, 7) is 4.98. The van der Waals surface area contributed by atoms with Crippen molar-refractivity contribution in [1.29, 1.82) is 0 Å². The van der Waals surface area contributed by atoms with Crippen molar-refractivity contribution in [2.45, 2.75) is 50.8 Å². The average Bonchev–Trinajstić information content (AvgIpc) is 2.98. The third-order valence-electron chi connectivity index (χ3n) is 4.94. The number of fused-ring (bicyclic) bond motifs is 1. The Balaban J connectivity index is 1.54. The largest absolute Gasteiger partial charge is 0.381 e. The predicted molar refractivity (Wildman–Crippen MR) is 91.2 cm³/mol. The molecule has 0 aromatic carbocycles. The SMILES string of the molecule is CN=C(NCC1(OC)CCOCC1)NC1CCc2nc(C)nn2C1. The highest BCUT2D eigenvalue weighted by Crippen LogP contribution is 2.23. The summed E-state index contributed by atoms with van der Waals surface area (Å²) in [5.74, 6) is 2.73. The summed E-state index contributed by atoms with van der Waals surface area (Å²) >= 11 is 0. The zero-order valence-electron chi connectivity index (χ0n) is 14.8. The lowest BCUT2D eigenvalue weighted by Crippen LogP contribution is -2.53. The van der Waals surface area contributed by atoms with Gasteiger partial charge in [-0.05, 0) is 13.3 Å². The molecule has 2 N–H and O–H groups in total. The molecule has 8 nitrogen and oxygen atoms in total. The van der Waals surface area contributed by atoms with Crippen molar-refractivity contribution in [3.8, 4) is 0 Å². The first-order valence-corrected chi connectivity index (χ1v) is 8.64. The summed E-state index contributed by atoms with van der Waals surface area (Å²) in [4.78, 5) is 8.81. The molecule has 3 rings (SSSR count). The summed E-state index contributed by atoms with van der Waals surface area (Å²) in [5, 5.41) is 11.4. The molecule has 8 heteroatoms. The van der Waals surface area contributed by atoms with E-state index in [0.717, 1.165) is 69.6 Å². The van der Waals surface area contributed by atoms with E-state index in [4.69, 9.17) is 9.47 Å². The van der Waals surface area contributed by atoms with Crippen molar-refractivity contribution in [3.05, 3.63) is 11.6 Å². The lowest BCUT2D eigenvalue weighted by Gasteiger charge is -2.36. The second-order valence-electron chi connectivity index (χ2n) is 6.56. The maximum atomic E-state index is 5.77. The highest BCUT2D eigenvalue weighted by Gasteiger charge is 2.32. The van der Waals surface area contributed by atoms with Crippen LogP contribution in [0.5, 0.6) is 0 Å². The van der Waals surface area contributed by atoms with Gasteiger partial charge in [0.1, 0.15) is 11.6 Å². The quantitative estimate of drug-likeness (QED) is 0.606. The second-order valence-corrected chi connectivity index (χ2v) is 6.56. The van der Waals surface area contributed by atoms with E-state index in [1.807, 2.05) is 11.6 Å². The molecule has 1 aromatic rings. The van der Waals surface area contributed by atoms with E-state index in [9.17, 15) is 0 Å². The Morgan fingerprint density at radius 2 is 2.25 bits per heavy atom. The number of rotatable bonds is 4. The molecule has 1 atom stereocenters. The van der Waals surface area contributed by atoms with Gasteiger partial charge >= 0.3 is 0 Å². The number of hydrogen-bond donors (Lipinski definition) is 2. The van der Waals surface area contributed by atoms with E-state index in [-0.39, 0.29) is 5.60 Å². The Morgan fingerprint density at radius 1 is 1.46 bits per heavy atom. The van der Waals surface area contributed by atoms with Gasteiger partial charge in [-0.25, -0.2) is 9.67 Å². The maximum absolute atomic E-state index is 5.77. The molecule has 2 aliphatic heterocycles. The minimum Gasteiger partial charge on any atom is -0.381 e. The van der Waals surface area contributed by atoms with Crippen LogP contribution in [0.25, 0.3) is 0 Å². The molecule has 2 aliphatic rings. The monoisotopic (exact) mass is 336 g/mol. The van der Waals surface area contributed by atoms with Crippen LogP contribution in [0.3, 0.4) is 0 Å². The molecule has 1 saturated heterocycles. The van der Waals surface area contributed by atoms with Crippen LogP contribution >= 0.6 is 0 Å². The van der Waals surface area contributed by atoms with Crippen molar-refractivity contribution in [3.63, 3.8) is 0 Å². The first-order chi connectivity index (χ1) is 11.6. The first kappa shape index (κ1) is 17.2. The van der Waals surface area contributed by atoms with Crippen LogP contribution in [0.4, 0.5) is 0 Å². The van der Waals surface area contributed by atoms with Crippen molar-refractivity contribution in [2.75, 3.05) is 33.9 Å². The minimum atomic E-state index is -0.168. The number of aliphatic imine (C=N–C) groups is 1. The van der Waals surface area contributed by atoms with Gasteiger partial charge in [0, 0.05) is 59.2 Å². The fourth-order valence-corrected chi connectivity index (χ4v) is 3.38. The molecule has 0 amide bonds. The molecule has 1 aromatic heterocycles. The molecular weight excluding hydrogens is 308 g/mol. The summed E-state index contributed by atoms with van der Waals surface area (Å²) in [7, 11) is 3.57. The molecule has 0 aliphatic carbocycles. The Bertz CT molecular complexity index is 579. The topological polar surface area (TPSA) is 85.6 Å². The van der Waals surface area contributed by atoms with Crippen LogP contribution in [0.15, 0.2) is 4.99 Å². The van der Waals surface area contributed by atoms with Gasteiger partial charge < -0.3 is 20.1 Å². The zero-order valence-corrected chi connectivity index (χ0v) is 14.8. The number of methoxy groups -OCH3 is 1. The molecular formula is C16H28N6O2. The van der Waals surface area contributed by atoms with Gasteiger partial charge in [-0.1, -0.05) is 0 Å². The molecule has 0 saturated carbocycles. The Kier molecular flexibility index (Phi) is 5.35. The molecule has 134 valence electrons. The lowest BCUT2D eigenvalue weighted by molar-refractivity contribution is -0.0855. The number of hydrogen-bond acceptors (Lipinski definition) is 5. The van der Waals surface area contributed by atoms with Gasteiger partial charge in [-0.2, -0.15) is 5.10 Å². The Morgan fingerprint density at radius 3 is 2.96 bits per heavy atom. The molecule has 1 fully saturated rings. The minimum absolute atomic E-state index is 0.168. The smallest absolute Gasteiger partial charge is 0.191 e. The summed E-state index contributed by atoms with van der Waals surface area (Å²) in [6.07, 6.45) is 3.77. The van der Waals surface area contributed by atoms with E-state index in [1.54, 1.807) is 14.2 Å². The number of guanidine groups is 1. The summed E-state index contributed by atoms with van der Waals surface area (Å²) in [5.41, 5.74) is -0.168. The van der Waals surface area contributed by atoms with E-state index >= 15 is 0 Å². The van der Waals surface area contributed by atoms with E-state index in [2.05, 4.69) is 25.7 Å². The Hall–Kier alpha value is -1.67. The summed E-state index contributed by atoms with van der Waals surface area (Å²) in [6, 6.07) is 0.304. The van der Waals surface area contributed by atoms with Gasteiger partial charge in [0.2, 0.25) is 0 Å². The first-order valence-electron chi connectivity index (χ1n) is 8.64.